The van der Waals surface area contributed by atoms with Crippen LogP contribution < -0.4 is 5.32 Å². The second-order valence-electron chi connectivity index (χ2n) is 4.70. The highest BCUT2D eigenvalue weighted by Gasteiger charge is 2.17. The normalized spacial score (nSPS) is 12.4. The van der Waals surface area contributed by atoms with E-state index in [-0.39, 0.29) is 6.04 Å². The summed E-state index contributed by atoms with van der Waals surface area (Å²) >= 11 is 16.1. The molecule has 2 aromatic rings. The minimum Gasteiger partial charge on any atom is -0.313 e. The summed E-state index contributed by atoms with van der Waals surface area (Å²) in [5, 5.41) is 4.78. The van der Waals surface area contributed by atoms with Gasteiger partial charge in [0.15, 0.2) is 0 Å². The lowest BCUT2D eigenvalue weighted by molar-refractivity contribution is 0.589. The summed E-state index contributed by atoms with van der Waals surface area (Å²) in [5.41, 5.74) is 3.46. The van der Waals surface area contributed by atoms with Gasteiger partial charge in [-0.25, -0.2) is 0 Å². The van der Waals surface area contributed by atoms with Crippen molar-refractivity contribution in [1.82, 2.24) is 5.32 Å². The van der Waals surface area contributed by atoms with Gasteiger partial charge in [0.2, 0.25) is 0 Å². The summed E-state index contributed by atoms with van der Waals surface area (Å²) in [6.07, 6.45) is 0.756. The molecule has 0 saturated carbocycles. The van der Waals surface area contributed by atoms with Crippen molar-refractivity contribution in [3.05, 3.63) is 67.6 Å². The monoisotopic (exact) mass is 371 g/mol. The zero-order chi connectivity index (χ0) is 14.7. The van der Waals surface area contributed by atoms with Crippen molar-refractivity contribution in [2.75, 3.05) is 7.05 Å². The third-order valence-electron chi connectivity index (χ3n) is 3.50. The number of hydrogen-bond donors (Lipinski definition) is 1. The predicted octanol–water partition coefficient (Wildman–Crippen LogP) is 5.57. The molecule has 1 nitrogen and oxygen atoms in total. The molecule has 106 valence electrons. The van der Waals surface area contributed by atoms with Crippen LogP contribution in [-0.4, -0.2) is 7.05 Å². The van der Waals surface area contributed by atoms with Gasteiger partial charge < -0.3 is 5.32 Å². The largest absolute Gasteiger partial charge is 0.313 e. The summed E-state index contributed by atoms with van der Waals surface area (Å²) in [5.74, 6) is 0. The summed E-state index contributed by atoms with van der Waals surface area (Å²) in [4.78, 5) is 0. The van der Waals surface area contributed by atoms with Crippen LogP contribution in [0.15, 0.2) is 40.9 Å². The maximum Gasteiger partial charge on any atom is 0.0453 e. The van der Waals surface area contributed by atoms with E-state index in [2.05, 4.69) is 34.2 Å². The van der Waals surface area contributed by atoms with Gasteiger partial charge in [0, 0.05) is 20.6 Å². The van der Waals surface area contributed by atoms with Crippen molar-refractivity contribution in [3.8, 4) is 0 Å². The van der Waals surface area contributed by atoms with E-state index < -0.39 is 0 Å². The van der Waals surface area contributed by atoms with Gasteiger partial charge in [-0.05, 0) is 55.3 Å². The van der Waals surface area contributed by atoms with E-state index in [1.165, 1.54) is 11.1 Å². The maximum absolute atomic E-state index is 6.27. The SMILES string of the molecule is CNC(Cc1c(Cl)cccc1Cl)c1cccc(Br)c1C. The lowest BCUT2D eigenvalue weighted by atomic mass is 9.95. The average molecular weight is 373 g/mol. The van der Waals surface area contributed by atoms with Gasteiger partial charge in [-0.15, -0.1) is 0 Å². The number of hydrogen-bond acceptors (Lipinski definition) is 1. The maximum atomic E-state index is 6.27. The fourth-order valence-electron chi connectivity index (χ4n) is 2.30. The first-order valence-corrected chi connectivity index (χ1v) is 7.94. The van der Waals surface area contributed by atoms with E-state index in [9.17, 15) is 0 Å². The molecule has 0 saturated heterocycles. The highest BCUT2D eigenvalue weighted by atomic mass is 79.9. The average Bonchev–Trinajstić information content (AvgIpc) is 2.42. The molecule has 0 spiro atoms. The van der Waals surface area contributed by atoms with Crippen LogP contribution in [0.1, 0.15) is 22.7 Å². The Hall–Kier alpha value is -0.540. The lowest BCUT2D eigenvalue weighted by Gasteiger charge is -2.21. The minimum absolute atomic E-state index is 0.171. The quantitative estimate of drug-likeness (QED) is 0.739. The molecule has 0 aliphatic carbocycles. The molecule has 0 radical (unpaired) electrons. The summed E-state index contributed by atoms with van der Waals surface area (Å²) < 4.78 is 1.11. The van der Waals surface area contributed by atoms with Crippen molar-refractivity contribution in [2.45, 2.75) is 19.4 Å². The van der Waals surface area contributed by atoms with Gasteiger partial charge in [0.1, 0.15) is 0 Å². The molecular formula is C16H16BrCl2N. The second kappa shape index (κ2) is 6.95. The minimum atomic E-state index is 0.171. The smallest absolute Gasteiger partial charge is 0.0453 e. The molecule has 2 aromatic carbocycles. The molecule has 20 heavy (non-hydrogen) atoms. The Labute approximate surface area is 138 Å². The Bertz CT molecular complexity index is 593. The van der Waals surface area contributed by atoms with Crippen molar-refractivity contribution >= 4 is 39.1 Å². The molecule has 2 rings (SSSR count). The predicted molar refractivity (Wildman–Crippen MR) is 90.8 cm³/mol. The van der Waals surface area contributed by atoms with E-state index in [0.717, 1.165) is 16.5 Å². The third kappa shape index (κ3) is 3.37. The zero-order valence-corrected chi connectivity index (χ0v) is 14.5. The summed E-state index contributed by atoms with van der Waals surface area (Å²) in [6.45, 7) is 2.11. The van der Waals surface area contributed by atoms with Crippen molar-refractivity contribution < 1.29 is 0 Å². The molecule has 1 atom stereocenters. The Morgan fingerprint density at radius 3 is 2.30 bits per heavy atom. The number of benzene rings is 2. The molecule has 0 fully saturated rings. The van der Waals surface area contributed by atoms with Gasteiger partial charge in [-0.1, -0.05) is 57.3 Å². The fraction of sp³-hybridized carbons (Fsp3) is 0.250. The second-order valence-corrected chi connectivity index (χ2v) is 6.37. The van der Waals surface area contributed by atoms with Crippen molar-refractivity contribution in [2.24, 2.45) is 0 Å². The van der Waals surface area contributed by atoms with Crippen LogP contribution in [0, 0.1) is 6.92 Å². The molecule has 0 amide bonds. The first-order valence-electron chi connectivity index (χ1n) is 6.39. The van der Waals surface area contributed by atoms with Crippen molar-refractivity contribution in [3.63, 3.8) is 0 Å². The molecule has 1 unspecified atom stereocenters. The Kier molecular flexibility index (Phi) is 5.50. The van der Waals surface area contributed by atoms with Gasteiger partial charge in [-0.2, -0.15) is 0 Å². The van der Waals surface area contributed by atoms with Crippen LogP contribution in [-0.2, 0) is 6.42 Å². The number of likely N-dealkylation sites (N-methyl/N-ethyl adjacent to an activating group) is 1. The van der Waals surface area contributed by atoms with Crippen LogP contribution in [0.25, 0.3) is 0 Å². The number of halogens is 3. The standard InChI is InChI=1S/C16H16BrCl2N/c1-10-11(5-3-6-13(10)17)16(20-2)9-12-14(18)7-4-8-15(12)19/h3-8,16,20H,9H2,1-2H3. The van der Waals surface area contributed by atoms with E-state index in [4.69, 9.17) is 23.2 Å². The van der Waals surface area contributed by atoms with Crippen LogP contribution in [0.2, 0.25) is 10.0 Å². The molecule has 0 heterocycles. The first kappa shape index (κ1) is 15.8. The molecule has 0 aromatic heterocycles. The van der Waals surface area contributed by atoms with Crippen LogP contribution in [0.4, 0.5) is 0 Å². The van der Waals surface area contributed by atoms with Crippen LogP contribution in [0.3, 0.4) is 0 Å². The third-order valence-corrected chi connectivity index (χ3v) is 5.07. The van der Waals surface area contributed by atoms with E-state index in [1.807, 2.05) is 37.4 Å². The topological polar surface area (TPSA) is 12.0 Å². The molecule has 1 N–H and O–H groups in total. The Morgan fingerprint density at radius 1 is 1.10 bits per heavy atom. The molecule has 4 heteroatoms. The molecule has 0 aliphatic rings. The Morgan fingerprint density at radius 2 is 1.70 bits per heavy atom. The van der Waals surface area contributed by atoms with Gasteiger partial charge in [0.25, 0.3) is 0 Å². The number of nitrogens with one attached hydrogen (secondary N) is 1. The molecule has 0 bridgehead atoms. The fourth-order valence-corrected chi connectivity index (χ4v) is 3.23. The first-order chi connectivity index (χ1) is 9.54. The Balaban J connectivity index is 2.37. The highest BCUT2D eigenvalue weighted by Crippen LogP contribution is 2.31. The summed E-state index contributed by atoms with van der Waals surface area (Å²) in [6, 6.07) is 12.0. The van der Waals surface area contributed by atoms with Crippen molar-refractivity contribution in [1.29, 1.82) is 0 Å². The van der Waals surface area contributed by atoms with Crippen LogP contribution in [0.5, 0.6) is 0 Å². The van der Waals surface area contributed by atoms with E-state index >= 15 is 0 Å². The summed E-state index contributed by atoms with van der Waals surface area (Å²) in [7, 11) is 1.95. The molecule has 0 aliphatic heterocycles. The van der Waals surface area contributed by atoms with Gasteiger partial charge >= 0.3 is 0 Å². The van der Waals surface area contributed by atoms with E-state index in [1.54, 1.807) is 0 Å². The van der Waals surface area contributed by atoms with E-state index in [0.29, 0.717) is 10.0 Å². The van der Waals surface area contributed by atoms with Gasteiger partial charge in [0.05, 0.1) is 0 Å². The van der Waals surface area contributed by atoms with Crippen LogP contribution >= 0.6 is 39.1 Å². The highest BCUT2D eigenvalue weighted by molar-refractivity contribution is 9.10. The zero-order valence-electron chi connectivity index (χ0n) is 11.4. The lowest BCUT2D eigenvalue weighted by Crippen LogP contribution is -2.20. The molecular weight excluding hydrogens is 357 g/mol. The van der Waals surface area contributed by atoms with Gasteiger partial charge in [-0.3, -0.25) is 0 Å². The number of rotatable bonds is 4.